The Bertz CT molecular complexity index is 558. The summed E-state index contributed by atoms with van der Waals surface area (Å²) in [6, 6.07) is 7.85. The van der Waals surface area contributed by atoms with E-state index in [0.717, 1.165) is 23.1 Å². The van der Waals surface area contributed by atoms with Crippen molar-refractivity contribution in [3.05, 3.63) is 48.2 Å². The lowest BCUT2D eigenvalue weighted by Gasteiger charge is -2.07. The Morgan fingerprint density at radius 1 is 1.41 bits per heavy atom. The van der Waals surface area contributed by atoms with Crippen LogP contribution in [0.1, 0.15) is 16.1 Å². The quantitative estimate of drug-likeness (QED) is 0.594. The van der Waals surface area contributed by atoms with Gasteiger partial charge in [-0.3, -0.25) is 4.79 Å². The van der Waals surface area contributed by atoms with Crippen molar-refractivity contribution in [1.29, 1.82) is 0 Å². The average molecular weight is 227 g/mol. The van der Waals surface area contributed by atoms with Gasteiger partial charge in [0, 0.05) is 5.56 Å². The minimum atomic E-state index is 0.362. The lowest BCUT2D eigenvalue weighted by atomic mass is 10.0. The van der Waals surface area contributed by atoms with Crippen molar-refractivity contribution in [2.24, 2.45) is 0 Å². The van der Waals surface area contributed by atoms with Gasteiger partial charge in [-0.2, -0.15) is 0 Å². The van der Waals surface area contributed by atoms with Crippen LogP contribution in [0, 0.1) is 6.92 Å². The number of carbonyl (C=O) groups excluding carboxylic acids is 1. The molecule has 0 spiro atoms. The van der Waals surface area contributed by atoms with Crippen LogP contribution in [0.2, 0.25) is 0 Å². The van der Waals surface area contributed by atoms with Gasteiger partial charge in [0.2, 0.25) is 0 Å². The molecule has 0 N–H and O–H groups in total. The third kappa shape index (κ3) is 2.01. The third-order valence-electron chi connectivity index (χ3n) is 2.58. The molecule has 4 heteroatoms. The van der Waals surface area contributed by atoms with Gasteiger partial charge in [0.05, 0.1) is 12.2 Å². The highest BCUT2D eigenvalue weighted by atomic mass is 16.1. The summed E-state index contributed by atoms with van der Waals surface area (Å²) in [6.45, 7) is 6.20. The number of hydrogen-bond acceptors (Lipinski definition) is 3. The van der Waals surface area contributed by atoms with Crippen molar-refractivity contribution in [1.82, 2.24) is 15.0 Å². The zero-order valence-electron chi connectivity index (χ0n) is 9.63. The predicted octanol–water partition coefficient (Wildman–Crippen LogP) is 2.25. The van der Waals surface area contributed by atoms with Gasteiger partial charge < -0.3 is 0 Å². The van der Waals surface area contributed by atoms with Crippen LogP contribution in [-0.2, 0) is 6.54 Å². The van der Waals surface area contributed by atoms with E-state index >= 15 is 0 Å². The van der Waals surface area contributed by atoms with E-state index in [2.05, 4.69) is 16.9 Å². The Balaban J connectivity index is 2.64. The molecule has 2 aromatic rings. The van der Waals surface area contributed by atoms with E-state index in [4.69, 9.17) is 0 Å². The van der Waals surface area contributed by atoms with Gasteiger partial charge in [-0.15, -0.1) is 11.7 Å². The van der Waals surface area contributed by atoms with Gasteiger partial charge in [-0.1, -0.05) is 35.6 Å². The van der Waals surface area contributed by atoms with Crippen molar-refractivity contribution in [2.45, 2.75) is 13.5 Å². The number of rotatable bonds is 4. The molecule has 0 aliphatic carbocycles. The third-order valence-corrected chi connectivity index (χ3v) is 2.58. The fraction of sp³-hybridized carbons (Fsp3) is 0.154. The van der Waals surface area contributed by atoms with Crippen molar-refractivity contribution in [3.8, 4) is 11.3 Å². The van der Waals surface area contributed by atoms with E-state index in [1.165, 1.54) is 0 Å². The summed E-state index contributed by atoms with van der Waals surface area (Å²) in [5, 5.41) is 7.83. The summed E-state index contributed by atoms with van der Waals surface area (Å²) in [5.74, 6) is 0. The minimum absolute atomic E-state index is 0.362. The van der Waals surface area contributed by atoms with Crippen molar-refractivity contribution in [3.63, 3.8) is 0 Å². The Morgan fingerprint density at radius 2 is 2.18 bits per heavy atom. The molecule has 1 aromatic carbocycles. The van der Waals surface area contributed by atoms with Crippen LogP contribution in [-0.4, -0.2) is 21.3 Å². The summed E-state index contributed by atoms with van der Waals surface area (Å²) in [7, 11) is 0. The summed E-state index contributed by atoms with van der Waals surface area (Å²) in [5.41, 5.74) is 3.17. The first-order chi connectivity index (χ1) is 8.27. The topological polar surface area (TPSA) is 47.8 Å². The first-order valence-electron chi connectivity index (χ1n) is 5.33. The zero-order chi connectivity index (χ0) is 12.3. The summed E-state index contributed by atoms with van der Waals surface area (Å²) in [4.78, 5) is 11.0. The van der Waals surface area contributed by atoms with Gasteiger partial charge in [0.1, 0.15) is 0 Å². The molecule has 1 heterocycles. The first kappa shape index (κ1) is 11.3. The van der Waals surface area contributed by atoms with Crippen LogP contribution in [0.25, 0.3) is 11.3 Å². The molecule has 2 rings (SSSR count). The van der Waals surface area contributed by atoms with E-state index in [1.807, 2.05) is 31.2 Å². The number of aldehydes is 1. The molecule has 0 aliphatic heterocycles. The molecule has 0 radical (unpaired) electrons. The average Bonchev–Trinajstić information content (AvgIpc) is 2.73. The number of nitrogens with zero attached hydrogens (tertiary/aromatic N) is 3. The maximum absolute atomic E-state index is 11.0. The van der Waals surface area contributed by atoms with E-state index in [-0.39, 0.29) is 0 Å². The van der Waals surface area contributed by atoms with Gasteiger partial charge in [-0.05, 0) is 12.5 Å². The van der Waals surface area contributed by atoms with Crippen LogP contribution in [0.3, 0.4) is 0 Å². The summed E-state index contributed by atoms with van der Waals surface area (Å²) >= 11 is 0. The largest absolute Gasteiger partial charge is 0.296 e. The number of carbonyl (C=O) groups is 1. The molecular weight excluding hydrogens is 214 g/mol. The van der Waals surface area contributed by atoms with Gasteiger partial charge in [0.25, 0.3) is 0 Å². The number of aryl methyl sites for hydroxylation is 1. The maximum atomic E-state index is 11.0. The molecule has 1 aromatic heterocycles. The van der Waals surface area contributed by atoms with E-state index in [9.17, 15) is 4.79 Å². The molecule has 0 bridgehead atoms. The standard InChI is InChI=1S/C13H13N3O/c1-3-8-16-13(12(9-17)14-15-16)11-7-5-4-6-10(11)2/h3-7,9H,1,8H2,2H3. The van der Waals surface area contributed by atoms with Crippen molar-refractivity contribution >= 4 is 6.29 Å². The second-order valence-corrected chi connectivity index (χ2v) is 3.73. The van der Waals surface area contributed by atoms with Crippen molar-refractivity contribution < 1.29 is 4.79 Å². The van der Waals surface area contributed by atoms with Crippen LogP contribution in [0.15, 0.2) is 36.9 Å². The molecule has 0 saturated heterocycles. The smallest absolute Gasteiger partial charge is 0.172 e. The van der Waals surface area contributed by atoms with Gasteiger partial charge in [-0.25, -0.2) is 4.68 Å². The van der Waals surface area contributed by atoms with Crippen LogP contribution in [0.5, 0.6) is 0 Å². The normalized spacial score (nSPS) is 10.2. The lowest BCUT2D eigenvalue weighted by Crippen LogP contribution is -2.01. The maximum Gasteiger partial charge on any atom is 0.172 e. The Hall–Kier alpha value is -2.23. The van der Waals surface area contributed by atoms with E-state index in [0.29, 0.717) is 12.2 Å². The predicted molar refractivity (Wildman–Crippen MR) is 65.8 cm³/mol. The summed E-state index contributed by atoms with van der Waals surface area (Å²) < 4.78 is 1.68. The molecule has 0 aliphatic rings. The van der Waals surface area contributed by atoms with Gasteiger partial charge >= 0.3 is 0 Å². The molecule has 0 atom stereocenters. The Morgan fingerprint density at radius 3 is 2.82 bits per heavy atom. The van der Waals surface area contributed by atoms with Crippen LogP contribution < -0.4 is 0 Å². The molecule has 4 nitrogen and oxygen atoms in total. The number of allylic oxidation sites excluding steroid dienone is 1. The molecule has 0 unspecified atom stereocenters. The number of aromatic nitrogens is 3. The second kappa shape index (κ2) is 4.74. The van der Waals surface area contributed by atoms with Crippen LogP contribution in [0.4, 0.5) is 0 Å². The summed E-state index contributed by atoms with van der Waals surface area (Å²) in [6.07, 6.45) is 2.46. The van der Waals surface area contributed by atoms with Gasteiger partial charge in [0.15, 0.2) is 12.0 Å². The Labute approximate surface area is 99.6 Å². The molecule has 0 saturated carbocycles. The molecule has 86 valence electrons. The molecule has 0 amide bonds. The Kier molecular flexibility index (Phi) is 3.14. The number of benzene rings is 1. The number of hydrogen-bond donors (Lipinski definition) is 0. The molecular formula is C13H13N3O. The zero-order valence-corrected chi connectivity index (χ0v) is 9.63. The fourth-order valence-electron chi connectivity index (χ4n) is 1.77. The molecule has 0 fully saturated rings. The second-order valence-electron chi connectivity index (χ2n) is 3.73. The van der Waals surface area contributed by atoms with E-state index in [1.54, 1.807) is 10.8 Å². The van der Waals surface area contributed by atoms with Crippen LogP contribution >= 0.6 is 0 Å². The minimum Gasteiger partial charge on any atom is -0.296 e. The fourth-order valence-corrected chi connectivity index (χ4v) is 1.77. The highest BCUT2D eigenvalue weighted by molar-refractivity contribution is 5.84. The highest BCUT2D eigenvalue weighted by Crippen LogP contribution is 2.24. The molecule has 17 heavy (non-hydrogen) atoms. The lowest BCUT2D eigenvalue weighted by molar-refractivity contribution is 0.111. The highest BCUT2D eigenvalue weighted by Gasteiger charge is 2.14. The monoisotopic (exact) mass is 227 g/mol. The van der Waals surface area contributed by atoms with Crippen molar-refractivity contribution in [2.75, 3.05) is 0 Å². The SMILES string of the molecule is C=CCn1nnc(C=O)c1-c1ccccc1C. The first-order valence-corrected chi connectivity index (χ1v) is 5.33. The van der Waals surface area contributed by atoms with E-state index < -0.39 is 0 Å².